The van der Waals surface area contributed by atoms with Gasteiger partial charge in [-0.05, 0) is 31.5 Å². The van der Waals surface area contributed by atoms with Crippen molar-refractivity contribution < 1.29 is 18.9 Å². The van der Waals surface area contributed by atoms with Gasteiger partial charge in [-0.15, -0.1) is 0 Å². The molecule has 1 aromatic carbocycles. The van der Waals surface area contributed by atoms with Gasteiger partial charge in [-0.3, -0.25) is 0 Å². The Bertz CT molecular complexity index is 371. The van der Waals surface area contributed by atoms with Crippen LogP contribution in [0, 0.1) is 0 Å². The van der Waals surface area contributed by atoms with Gasteiger partial charge in [0.15, 0.2) is 0 Å². The molecular formula is C15H25NO4. The fraction of sp³-hybridized carbons (Fsp3) is 0.600. The average Bonchev–Trinajstić information content (AvgIpc) is 2.44. The van der Waals surface area contributed by atoms with Crippen molar-refractivity contribution in [2.24, 2.45) is 0 Å². The molecule has 0 aliphatic carbocycles. The minimum absolute atomic E-state index is 0.498. The second kappa shape index (κ2) is 10.5. The predicted octanol–water partition coefficient (Wildman–Crippen LogP) is 2.24. The number of nitrogens with two attached hydrogens (primary N) is 1. The molecule has 0 unspecified atom stereocenters. The van der Waals surface area contributed by atoms with Crippen LogP contribution in [0.25, 0.3) is 0 Å². The molecule has 114 valence electrons. The van der Waals surface area contributed by atoms with Crippen LogP contribution in [0.5, 0.6) is 5.75 Å². The summed E-state index contributed by atoms with van der Waals surface area (Å²) in [6, 6.07) is 5.60. The maximum atomic E-state index is 5.78. The lowest BCUT2D eigenvalue weighted by atomic mass is 10.2. The number of methoxy groups -OCH3 is 1. The molecule has 1 aromatic rings. The zero-order valence-corrected chi connectivity index (χ0v) is 12.4. The number of hydrogen-bond acceptors (Lipinski definition) is 5. The van der Waals surface area contributed by atoms with Gasteiger partial charge in [-0.1, -0.05) is 0 Å². The Kier molecular flexibility index (Phi) is 8.78. The topological polar surface area (TPSA) is 62.9 Å². The van der Waals surface area contributed by atoms with E-state index in [0.717, 1.165) is 23.4 Å². The minimum atomic E-state index is 0.498. The molecule has 20 heavy (non-hydrogen) atoms. The summed E-state index contributed by atoms with van der Waals surface area (Å²) in [6.07, 6.45) is 0.857. The van der Waals surface area contributed by atoms with Crippen molar-refractivity contribution in [1.29, 1.82) is 0 Å². The highest BCUT2D eigenvalue weighted by Crippen LogP contribution is 2.22. The predicted molar refractivity (Wildman–Crippen MR) is 79.0 cm³/mol. The molecule has 5 nitrogen and oxygen atoms in total. The van der Waals surface area contributed by atoms with E-state index in [0.29, 0.717) is 39.6 Å². The number of rotatable bonds is 11. The quantitative estimate of drug-likeness (QED) is 0.498. The largest absolute Gasteiger partial charge is 0.494 e. The van der Waals surface area contributed by atoms with Gasteiger partial charge in [-0.2, -0.15) is 0 Å². The van der Waals surface area contributed by atoms with Gasteiger partial charge in [0.2, 0.25) is 0 Å². The lowest BCUT2D eigenvalue weighted by Crippen LogP contribution is -2.06. The van der Waals surface area contributed by atoms with E-state index in [-0.39, 0.29) is 0 Å². The van der Waals surface area contributed by atoms with Crippen LogP contribution in [0.4, 0.5) is 5.69 Å². The first-order chi connectivity index (χ1) is 9.77. The third-order valence-electron chi connectivity index (χ3n) is 2.65. The first-order valence-corrected chi connectivity index (χ1v) is 6.93. The van der Waals surface area contributed by atoms with Crippen molar-refractivity contribution in [2.45, 2.75) is 20.0 Å². The second-order valence-corrected chi connectivity index (χ2v) is 4.31. The van der Waals surface area contributed by atoms with E-state index >= 15 is 0 Å². The van der Waals surface area contributed by atoms with Crippen LogP contribution in [0.1, 0.15) is 18.9 Å². The lowest BCUT2D eigenvalue weighted by Gasteiger charge is -2.11. The minimum Gasteiger partial charge on any atom is -0.494 e. The Hall–Kier alpha value is -1.30. The van der Waals surface area contributed by atoms with E-state index in [1.165, 1.54) is 0 Å². The van der Waals surface area contributed by atoms with Crippen LogP contribution in [0.3, 0.4) is 0 Å². The van der Waals surface area contributed by atoms with Crippen molar-refractivity contribution in [2.75, 3.05) is 45.9 Å². The molecule has 0 saturated carbocycles. The number of benzene rings is 1. The van der Waals surface area contributed by atoms with E-state index in [1.807, 2.05) is 25.1 Å². The van der Waals surface area contributed by atoms with Crippen LogP contribution in [-0.4, -0.2) is 40.1 Å². The Morgan fingerprint density at radius 3 is 2.60 bits per heavy atom. The molecule has 0 amide bonds. The van der Waals surface area contributed by atoms with E-state index in [9.17, 15) is 0 Å². The van der Waals surface area contributed by atoms with Gasteiger partial charge in [0.05, 0.1) is 26.4 Å². The molecule has 0 saturated heterocycles. The summed E-state index contributed by atoms with van der Waals surface area (Å²) in [5.74, 6) is 0.832. The summed E-state index contributed by atoms with van der Waals surface area (Å²) in [6.45, 7) is 5.66. The van der Waals surface area contributed by atoms with Crippen molar-refractivity contribution >= 4 is 5.69 Å². The molecule has 2 N–H and O–H groups in total. The SMILES string of the molecule is CCOc1ccc(N)cc1COCCCOCCOC. The van der Waals surface area contributed by atoms with Gasteiger partial charge in [0, 0.05) is 31.6 Å². The molecule has 0 aliphatic heterocycles. The van der Waals surface area contributed by atoms with Crippen molar-refractivity contribution in [3.8, 4) is 5.75 Å². The summed E-state index contributed by atoms with van der Waals surface area (Å²) in [7, 11) is 1.66. The highest BCUT2D eigenvalue weighted by molar-refractivity contribution is 5.47. The zero-order valence-electron chi connectivity index (χ0n) is 12.4. The normalized spacial score (nSPS) is 10.7. The molecule has 0 atom stereocenters. The molecule has 0 radical (unpaired) electrons. The highest BCUT2D eigenvalue weighted by Gasteiger charge is 2.04. The monoisotopic (exact) mass is 283 g/mol. The number of nitrogen functional groups attached to an aromatic ring is 1. The van der Waals surface area contributed by atoms with Crippen LogP contribution < -0.4 is 10.5 Å². The summed E-state index contributed by atoms with van der Waals surface area (Å²) >= 11 is 0. The van der Waals surface area contributed by atoms with E-state index < -0.39 is 0 Å². The number of ether oxygens (including phenoxy) is 4. The van der Waals surface area contributed by atoms with Crippen LogP contribution >= 0.6 is 0 Å². The fourth-order valence-electron chi connectivity index (χ4n) is 1.70. The summed E-state index contributed by atoms with van der Waals surface area (Å²) in [4.78, 5) is 0. The maximum Gasteiger partial charge on any atom is 0.124 e. The number of anilines is 1. The Morgan fingerprint density at radius 2 is 1.85 bits per heavy atom. The van der Waals surface area contributed by atoms with E-state index in [4.69, 9.17) is 24.7 Å². The first kappa shape index (κ1) is 16.8. The van der Waals surface area contributed by atoms with Crippen LogP contribution in [0.15, 0.2) is 18.2 Å². The van der Waals surface area contributed by atoms with Gasteiger partial charge < -0.3 is 24.7 Å². The van der Waals surface area contributed by atoms with Gasteiger partial charge >= 0.3 is 0 Å². The van der Waals surface area contributed by atoms with Gasteiger partial charge in [-0.25, -0.2) is 0 Å². The molecule has 0 bridgehead atoms. The highest BCUT2D eigenvalue weighted by atomic mass is 16.5. The molecule has 0 fully saturated rings. The van der Waals surface area contributed by atoms with Crippen molar-refractivity contribution in [1.82, 2.24) is 0 Å². The standard InChI is InChI=1S/C15H25NO4/c1-3-20-15-6-5-14(16)11-13(15)12-19-8-4-7-18-10-9-17-2/h5-6,11H,3-4,7-10,12,16H2,1-2H3. The van der Waals surface area contributed by atoms with Crippen molar-refractivity contribution in [3.63, 3.8) is 0 Å². The average molecular weight is 283 g/mol. The Labute approximate surface area is 121 Å². The maximum absolute atomic E-state index is 5.78. The molecule has 0 aromatic heterocycles. The van der Waals surface area contributed by atoms with E-state index in [1.54, 1.807) is 7.11 Å². The van der Waals surface area contributed by atoms with Gasteiger partial charge in [0.25, 0.3) is 0 Å². The molecular weight excluding hydrogens is 258 g/mol. The zero-order chi connectivity index (χ0) is 14.6. The lowest BCUT2D eigenvalue weighted by molar-refractivity contribution is 0.0480. The molecule has 1 rings (SSSR count). The first-order valence-electron chi connectivity index (χ1n) is 6.93. The Morgan fingerprint density at radius 1 is 1.05 bits per heavy atom. The summed E-state index contributed by atoms with van der Waals surface area (Å²) in [5.41, 5.74) is 7.48. The fourth-order valence-corrected chi connectivity index (χ4v) is 1.70. The molecule has 0 spiro atoms. The van der Waals surface area contributed by atoms with Crippen LogP contribution in [0.2, 0.25) is 0 Å². The number of hydrogen-bond donors (Lipinski definition) is 1. The van der Waals surface area contributed by atoms with E-state index in [2.05, 4.69) is 0 Å². The summed E-state index contributed by atoms with van der Waals surface area (Å²) in [5, 5.41) is 0. The molecule has 0 aliphatic rings. The smallest absolute Gasteiger partial charge is 0.124 e. The summed E-state index contributed by atoms with van der Waals surface area (Å²) < 4.78 is 21.4. The van der Waals surface area contributed by atoms with Crippen molar-refractivity contribution in [3.05, 3.63) is 23.8 Å². The molecule has 5 heteroatoms. The Balaban J connectivity index is 2.22. The third-order valence-corrected chi connectivity index (χ3v) is 2.65. The molecule has 0 heterocycles. The van der Waals surface area contributed by atoms with Gasteiger partial charge in [0.1, 0.15) is 5.75 Å². The second-order valence-electron chi connectivity index (χ2n) is 4.31. The van der Waals surface area contributed by atoms with Crippen LogP contribution in [-0.2, 0) is 20.8 Å². The third kappa shape index (κ3) is 6.75.